The number of rotatable bonds is 2. The van der Waals surface area contributed by atoms with E-state index >= 15 is 0 Å². The van der Waals surface area contributed by atoms with Gasteiger partial charge in [-0.05, 0) is 68.0 Å². The summed E-state index contributed by atoms with van der Waals surface area (Å²) in [5, 5.41) is 3.18. The Bertz CT molecular complexity index is 475. The summed E-state index contributed by atoms with van der Waals surface area (Å²) in [5.41, 5.74) is 1.96. The minimum Gasteiger partial charge on any atom is -0.349 e. The first-order valence-corrected chi connectivity index (χ1v) is 7.83. The van der Waals surface area contributed by atoms with Gasteiger partial charge in [0.1, 0.15) is 0 Å². The fraction of sp³-hybridized carbons (Fsp3) is 0.533. The highest BCUT2D eigenvalue weighted by Gasteiger charge is 2.24. The molecule has 2 rings (SSSR count). The van der Waals surface area contributed by atoms with Gasteiger partial charge in [-0.1, -0.05) is 12.1 Å². The van der Waals surface area contributed by atoms with Gasteiger partial charge < -0.3 is 10.2 Å². The van der Waals surface area contributed by atoms with E-state index in [-0.39, 0.29) is 5.91 Å². The van der Waals surface area contributed by atoms with Crippen molar-refractivity contribution in [1.82, 2.24) is 10.2 Å². The molecular formula is C15H21IN2O. The zero-order chi connectivity index (χ0) is 14.0. The number of halogens is 1. The van der Waals surface area contributed by atoms with Gasteiger partial charge in [0.15, 0.2) is 0 Å². The van der Waals surface area contributed by atoms with Crippen LogP contribution in [0.25, 0.3) is 0 Å². The van der Waals surface area contributed by atoms with E-state index in [0.717, 1.165) is 34.1 Å². The average molecular weight is 372 g/mol. The molecule has 0 aliphatic carbocycles. The van der Waals surface area contributed by atoms with Crippen molar-refractivity contribution in [3.8, 4) is 0 Å². The lowest BCUT2D eigenvalue weighted by Gasteiger charge is -2.35. The number of hydrogen-bond donors (Lipinski definition) is 1. The van der Waals surface area contributed by atoms with E-state index in [0.29, 0.717) is 12.1 Å². The van der Waals surface area contributed by atoms with Gasteiger partial charge in [-0.25, -0.2) is 0 Å². The van der Waals surface area contributed by atoms with Crippen LogP contribution >= 0.6 is 22.6 Å². The van der Waals surface area contributed by atoms with E-state index in [9.17, 15) is 4.79 Å². The first-order chi connectivity index (χ1) is 8.99. The SMILES string of the molecule is Cc1cccc(C(=O)NC2CCN(C)C(C)C2)c1I. The molecule has 2 unspecified atom stereocenters. The summed E-state index contributed by atoms with van der Waals surface area (Å²) in [6.07, 6.45) is 2.07. The van der Waals surface area contributed by atoms with Crippen LogP contribution in [-0.4, -0.2) is 36.5 Å². The van der Waals surface area contributed by atoms with Crippen molar-refractivity contribution in [3.63, 3.8) is 0 Å². The summed E-state index contributed by atoms with van der Waals surface area (Å²) in [5.74, 6) is 0.0647. The van der Waals surface area contributed by atoms with Crippen molar-refractivity contribution < 1.29 is 4.79 Å². The summed E-state index contributed by atoms with van der Waals surface area (Å²) < 4.78 is 1.05. The largest absolute Gasteiger partial charge is 0.349 e. The summed E-state index contributed by atoms with van der Waals surface area (Å²) >= 11 is 2.25. The van der Waals surface area contributed by atoms with Crippen LogP contribution in [0.15, 0.2) is 18.2 Å². The maximum atomic E-state index is 12.3. The van der Waals surface area contributed by atoms with E-state index < -0.39 is 0 Å². The summed E-state index contributed by atoms with van der Waals surface area (Å²) in [7, 11) is 2.15. The molecule has 0 radical (unpaired) electrons. The molecule has 0 saturated carbocycles. The van der Waals surface area contributed by atoms with E-state index in [1.165, 1.54) is 0 Å². The van der Waals surface area contributed by atoms with Gasteiger partial charge in [-0.15, -0.1) is 0 Å². The molecule has 0 aromatic heterocycles. The van der Waals surface area contributed by atoms with Gasteiger partial charge in [-0.2, -0.15) is 0 Å². The molecule has 1 aromatic carbocycles. The third kappa shape index (κ3) is 3.48. The Morgan fingerprint density at radius 2 is 2.21 bits per heavy atom. The van der Waals surface area contributed by atoms with Crippen LogP contribution < -0.4 is 5.32 Å². The van der Waals surface area contributed by atoms with Gasteiger partial charge >= 0.3 is 0 Å². The Morgan fingerprint density at radius 1 is 1.47 bits per heavy atom. The molecule has 1 amide bonds. The molecule has 1 aliphatic heterocycles. The lowest BCUT2D eigenvalue weighted by Crippen LogP contribution is -2.47. The number of piperidine rings is 1. The molecular weight excluding hydrogens is 351 g/mol. The molecule has 1 fully saturated rings. The highest BCUT2D eigenvalue weighted by atomic mass is 127. The number of nitrogens with zero attached hydrogens (tertiary/aromatic N) is 1. The van der Waals surface area contributed by atoms with Crippen LogP contribution in [0.4, 0.5) is 0 Å². The minimum absolute atomic E-state index is 0.0647. The minimum atomic E-state index is 0.0647. The van der Waals surface area contributed by atoms with Crippen molar-refractivity contribution in [2.45, 2.75) is 38.8 Å². The lowest BCUT2D eigenvalue weighted by atomic mass is 9.98. The second-order valence-corrected chi connectivity index (χ2v) is 6.54. The maximum absolute atomic E-state index is 12.3. The summed E-state index contributed by atoms with van der Waals surface area (Å²) in [6.45, 7) is 5.31. The Labute approximate surface area is 128 Å². The fourth-order valence-electron chi connectivity index (χ4n) is 2.51. The summed E-state index contributed by atoms with van der Waals surface area (Å²) in [4.78, 5) is 14.7. The van der Waals surface area contributed by atoms with Crippen LogP contribution in [0.2, 0.25) is 0 Å². The predicted octanol–water partition coefficient (Wildman–Crippen LogP) is 2.81. The number of aryl methyl sites for hydroxylation is 1. The molecule has 4 heteroatoms. The fourth-order valence-corrected chi connectivity index (χ4v) is 3.11. The van der Waals surface area contributed by atoms with E-state index in [4.69, 9.17) is 0 Å². The van der Waals surface area contributed by atoms with Crippen LogP contribution in [0.3, 0.4) is 0 Å². The molecule has 1 aliphatic rings. The standard InChI is InChI=1S/C15H21IN2O/c1-10-5-4-6-13(14(10)16)15(19)17-12-7-8-18(3)11(2)9-12/h4-6,11-12H,7-9H2,1-3H3,(H,17,19). The Balaban J connectivity index is 2.03. The quantitative estimate of drug-likeness (QED) is 0.810. The second-order valence-electron chi connectivity index (χ2n) is 5.46. The van der Waals surface area contributed by atoms with Crippen LogP contribution in [0.5, 0.6) is 0 Å². The van der Waals surface area contributed by atoms with Gasteiger partial charge in [0.25, 0.3) is 5.91 Å². The second kappa shape index (κ2) is 6.22. The van der Waals surface area contributed by atoms with Gasteiger partial charge in [-0.3, -0.25) is 4.79 Å². The average Bonchev–Trinajstić information content (AvgIpc) is 2.37. The number of carbonyl (C=O) groups is 1. The van der Waals surface area contributed by atoms with E-state index in [1.54, 1.807) is 0 Å². The van der Waals surface area contributed by atoms with E-state index in [1.807, 2.05) is 25.1 Å². The predicted molar refractivity (Wildman–Crippen MR) is 86.5 cm³/mol. The molecule has 1 aromatic rings. The first kappa shape index (κ1) is 14.8. The van der Waals surface area contributed by atoms with E-state index in [2.05, 4.69) is 46.8 Å². The highest BCUT2D eigenvalue weighted by molar-refractivity contribution is 14.1. The number of amides is 1. The Kier molecular flexibility index (Phi) is 4.84. The molecule has 1 heterocycles. The first-order valence-electron chi connectivity index (χ1n) is 6.75. The summed E-state index contributed by atoms with van der Waals surface area (Å²) in [6, 6.07) is 6.73. The van der Waals surface area contributed by atoms with Gasteiger partial charge in [0, 0.05) is 22.2 Å². The topological polar surface area (TPSA) is 32.3 Å². The zero-order valence-electron chi connectivity index (χ0n) is 11.7. The maximum Gasteiger partial charge on any atom is 0.252 e. The van der Waals surface area contributed by atoms with Crippen molar-refractivity contribution >= 4 is 28.5 Å². The zero-order valence-corrected chi connectivity index (χ0v) is 13.9. The monoisotopic (exact) mass is 372 g/mol. The normalized spacial score (nSPS) is 24.2. The number of likely N-dealkylation sites (tertiary alicyclic amines) is 1. The molecule has 2 atom stereocenters. The van der Waals surface area contributed by atoms with Crippen molar-refractivity contribution in [3.05, 3.63) is 32.9 Å². The van der Waals surface area contributed by atoms with Gasteiger partial charge in [0.2, 0.25) is 0 Å². The molecule has 1 N–H and O–H groups in total. The van der Waals surface area contributed by atoms with Gasteiger partial charge in [0.05, 0.1) is 5.56 Å². The molecule has 3 nitrogen and oxygen atoms in total. The van der Waals surface area contributed by atoms with Crippen LogP contribution in [0.1, 0.15) is 35.7 Å². The molecule has 104 valence electrons. The molecule has 0 spiro atoms. The highest BCUT2D eigenvalue weighted by Crippen LogP contribution is 2.19. The molecule has 1 saturated heterocycles. The number of benzene rings is 1. The van der Waals surface area contributed by atoms with Crippen molar-refractivity contribution in [2.24, 2.45) is 0 Å². The molecule has 19 heavy (non-hydrogen) atoms. The van der Waals surface area contributed by atoms with Crippen molar-refractivity contribution in [2.75, 3.05) is 13.6 Å². The Hall–Kier alpha value is -0.620. The molecule has 0 bridgehead atoms. The third-order valence-electron chi connectivity index (χ3n) is 3.98. The number of hydrogen-bond acceptors (Lipinski definition) is 2. The number of carbonyl (C=O) groups excluding carboxylic acids is 1. The number of nitrogens with one attached hydrogen (secondary N) is 1. The van der Waals surface area contributed by atoms with Crippen molar-refractivity contribution in [1.29, 1.82) is 0 Å². The van der Waals surface area contributed by atoms with Crippen LogP contribution in [-0.2, 0) is 0 Å². The third-order valence-corrected chi connectivity index (χ3v) is 5.41. The Morgan fingerprint density at radius 3 is 2.89 bits per heavy atom. The lowest BCUT2D eigenvalue weighted by molar-refractivity contribution is 0.0895. The smallest absolute Gasteiger partial charge is 0.252 e. The van der Waals surface area contributed by atoms with Crippen LogP contribution in [0, 0.1) is 10.5 Å².